The van der Waals surface area contributed by atoms with Gasteiger partial charge in [0.1, 0.15) is 0 Å². The molecule has 3 nitrogen and oxygen atoms in total. The van der Waals surface area contributed by atoms with Gasteiger partial charge in [0, 0.05) is 35.6 Å². The number of anilines is 3. The van der Waals surface area contributed by atoms with E-state index in [9.17, 15) is 4.79 Å². The zero-order valence-electron chi connectivity index (χ0n) is 17.5. The maximum atomic E-state index is 12.4. The van der Waals surface area contributed by atoms with E-state index in [0.717, 1.165) is 39.6 Å². The van der Waals surface area contributed by atoms with Gasteiger partial charge in [0.25, 0.3) is 0 Å². The number of benzene rings is 2. The van der Waals surface area contributed by atoms with Crippen LogP contribution < -0.4 is 10.2 Å². The monoisotopic (exact) mass is 386 g/mol. The van der Waals surface area contributed by atoms with E-state index in [1.54, 1.807) is 0 Å². The predicted molar refractivity (Wildman–Crippen MR) is 118 cm³/mol. The van der Waals surface area contributed by atoms with Gasteiger partial charge < -0.3 is 10.2 Å². The van der Waals surface area contributed by atoms with Gasteiger partial charge in [-0.3, -0.25) is 4.79 Å². The van der Waals surface area contributed by atoms with Crippen molar-refractivity contribution < 1.29 is 4.79 Å². The lowest BCUT2D eigenvalue weighted by atomic mass is 9.92. The molecular weight excluding hydrogens is 356 g/mol. The lowest BCUT2D eigenvalue weighted by Gasteiger charge is -2.25. The molecule has 0 aromatic heterocycles. The third kappa shape index (κ3) is 5.49. The van der Waals surface area contributed by atoms with Crippen LogP contribution in [-0.4, -0.2) is 13.0 Å². The van der Waals surface area contributed by atoms with E-state index in [2.05, 4.69) is 63.2 Å². The third-order valence-corrected chi connectivity index (χ3v) is 4.88. The molecule has 0 heterocycles. The number of aryl methyl sites for hydroxylation is 3. The van der Waals surface area contributed by atoms with Crippen LogP contribution in [0, 0.1) is 19.3 Å². The molecule has 0 spiro atoms. The summed E-state index contributed by atoms with van der Waals surface area (Å²) in [6.45, 7) is 12.4. The summed E-state index contributed by atoms with van der Waals surface area (Å²) in [7, 11) is 2.06. The molecule has 0 atom stereocenters. The van der Waals surface area contributed by atoms with Gasteiger partial charge in [0.15, 0.2) is 0 Å². The fraction of sp³-hybridized carbons (Fsp3) is 0.435. The molecule has 2 rings (SSSR count). The minimum Gasteiger partial charge on any atom is -0.344 e. The number of hydrogen-bond acceptors (Lipinski definition) is 2. The van der Waals surface area contributed by atoms with Crippen molar-refractivity contribution in [2.24, 2.45) is 5.41 Å². The summed E-state index contributed by atoms with van der Waals surface area (Å²) in [6, 6.07) is 10.2. The molecule has 4 heteroatoms. The highest BCUT2D eigenvalue weighted by Crippen LogP contribution is 2.33. The molecule has 0 saturated carbocycles. The molecular formula is C23H31ClN2O. The van der Waals surface area contributed by atoms with Gasteiger partial charge in [-0.25, -0.2) is 0 Å². The number of rotatable bonds is 5. The zero-order valence-corrected chi connectivity index (χ0v) is 18.3. The van der Waals surface area contributed by atoms with Crippen molar-refractivity contribution in [3.8, 4) is 0 Å². The van der Waals surface area contributed by atoms with Gasteiger partial charge in [-0.05, 0) is 72.7 Å². The summed E-state index contributed by atoms with van der Waals surface area (Å²) in [5.41, 5.74) is 6.45. The fourth-order valence-corrected chi connectivity index (χ4v) is 3.50. The Bertz CT molecular complexity index is 814. The Hall–Kier alpha value is -2.00. The van der Waals surface area contributed by atoms with Crippen molar-refractivity contribution in [2.45, 2.75) is 54.4 Å². The van der Waals surface area contributed by atoms with Crippen LogP contribution in [0.4, 0.5) is 17.1 Å². The topological polar surface area (TPSA) is 32.3 Å². The molecule has 2 aromatic rings. The SMILES string of the molecule is CCc1cc(Cl)ccc1N(C)c1cc(C)c(NC(=O)CC(C)(C)C)c(C)c1. The second kappa shape index (κ2) is 8.35. The first-order chi connectivity index (χ1) is 12.5. The Balaban J connectivity index is 2.32. The van der Waals surface area contributed by atoms with Gasteiger partial charge in [0.05, 0.1) is 0 Å². The first-order valence-corrected chi connectivity index (χ1v) is 9.83. The van der Waals surface area contributed by atoms with Crippen LogP contribution in [0.25, 0.3) is 0 Å². The molecule has 0 bridgehead atoms. The number of amides is 1. The maximum Gasteiger partial charge on any atom is 0.224 e. The Morgan fingerprint density at radius 1 is 1.11 bits per heavy atom. The molecule has 0 aliphatic heterocycles. The van der Waals surface area contributed by atoms with Crippen LogP contribution in [0.2, 0.25) is 5.02 Å². The van der Waals surface area contributed by atoms with E-state index < -0.39 is 0 Å². The van der Waals surface area contributed by atoms with Crippen molar-refractivity contribution in [2.75, 3.05) is 17.3 Å². The second-order valence-corrected chi connectivity index (χ2v) is 8.86. The molecule has 0 radical (unpaired) electrons. The van der Waals surface area contributed by atoms with Crippen LogP contribution in [0.3, 0.4) is 0 Å². The summed E-state index contributed by atoms with van der Waals surface area (Å²) in [5.74, 6) is 0.0563. The van der Waals surface area contributed by atoms with Crippen LogP contribution >= 0.6 is 11.6 Å². The summed E-state index contributed by atoms with van der Waals surface area (Å²) < 4.78 is 0. The van der Waals surface area contributed by atoms with Crippen LogP contribution in [0.1, 0.15) is 50.8 Å². The van der Waals surface area contributed by atoms with Gasteiger partial charge >= 0.3 is 0 Å². The molecule has 146 valence electrons. The lowest BCUT2D eigenvalue weighted by molar-refractivity contribution is -0.117. The van der Waals surface area contributed by atoms with E-state index in [0.29, 0.717) is 6.42 Å². The van der Waals surface area contributed by atoms with Crippen molar-refractivity contribution in [3.05, 3.63) is 52.0 Å². The number of nitrogens with zero attached hydrogens (tertiary/aromatic N) is 1. The molecule has 0 saturated heterocycles. The first-order valence-electron chi connectivity index (χ1n) is 9.45. The molecule has 2 aromatic carbocycles. The summed E-state index contributed by atoms with van der Waals surface area (Å²) in [5, 5.41) is 3.85. The Morgan fingerprint density at radius 3 is 2.22 bits per heavy atom. The van der Waals surface area contributed by atoms with Crippen LogP contribution in [0.5, 0.6) is 0 Å². The smallest absolute Gasteiger partial charge is 0.224 e. The first kappa shape index (κ1) is 21.3. The number of carbonyl (C=O) groups is 1. The minimum atomic E-state index is -0.0306. The Morgan fingerprint density at radius 2 is 1.70 bits per heavy atom. The van der Waals surface area contributed by atoms with E-state index in [-0.39, 0.29) is 11.3 Å². The van der Waals surface area contributed by atoms with Crippen LogP contribution in [0.15, 0.2) is 30.3 Å². The molecule has 0 aliphatic carbocycles. The summed E-state index contributed by atoms with van der Waals surface area (Å²) in [4.78, 5) is 14.5. The van der Waals surface area contributed by atoms with Gasteiger partial charge in [-0.1, -0.05) is 39.3 Å². The van der Waals surface area contributed by atoms with E-state index >= 15 is 0 Å². The zero-order chi connectivity index (χ0) is 20.4. The fourth-order valence-electron chi connectivity index (χ4n) is 3.30. The average molecular weight is 387 g/mol. The van der Waals surface area contributed by atoms with E-state index in [1.165, 1.54) is 5.56 Å². The van der Waals surface area contributed by atoms with E-state index in [1.807, 2.05) is 26.0 Å². The highest BCUT2D eigenvalue weighted by molar-refractivity contribution is 6.30. The number of halogens is 1. The molecule has 0 unspecified atom stereocenters. The van der Waals surface area contributed by atoms with E-state index in [4.69, 9.17) is 11.6 Å². The van der Waals surface area contributed by atoms with Crippen molar-refractivity contribution in [1.29, 1.82) is 0 Å². The Kier molecular flexibility index (Phi) is 6.59. The predicted octanol–water partition coefficient (Wildman–Crippen LogP) is 6.66. The molecule has 0 aliphatic rings. The standard InChI is InChI=1S/C23H31ClN2O/c1-8-17-13-18(24)9-10-20(17)26(7)19-11-15(2)22(16(3)12-19)25-21(27)14-23(4,5)6/h9-13H,8,14H2,1-7H3,(H,25,27). The van der Waals surface area contributed by atoms with Crippen molar-refractivity contribution in [1.82, 2.24) is 0 Å². The molecule has 27 heavy (non-hydrogen) atoms. The largest absolute Gasteiger partial charge is 0.344 e. The van der Waals surface area contributed by atoms with Gasteiger partial charge in [0.2, 0.25) is 5.91 Å². The molecule has 1 N–H and O–H groups in total. The van der Waals surface area contributed by atoms with Crippen molar-refractivity contribution in [3.63, 3.8) is 0 Å². The second-order valence-electron chi connectivity index (χ2n) is 8.43. The summed E-state index contributed by atoms with van der Waals surface area (Å²) >= 11 is 6.15. The van der Waals surface area contributed by atoms with Gasteiger partial charge in [-0.15, -0.1) is 0 Å². The quantitative estimate of drug-likeness (QED) is 0.622. The Labute approximate surface area is 168 Å². The third-order valence-electron chi connectivity index (χ3n) is 4.64. The number of nitrogens with one attached hydrogen (secondary N) is 1. The van der Waals surface area contributed by atoms with Crippen LogP contribution in [-0.2, 0) is 11.2 Å². The molecule has 1 amide bonds. The normalized spacial score (nSPS) is 11.4. The maximum absolute atomic E-state index is 12.4. The summed E-state index contributed by atoms with van der Waals surface area (Å²) in [6.07, 6.45) is 1.41. The number of hydrogen-bond donors (Lipinski definition) is 1. The highest BCUT2D eigenvalue weighted by atomic mass is 35.5. The lowest BCUT2D eigenvalue weighted by Crippen LogP contribution is -2.21. The van der Waals surface area contributed by atoms with Crippen molar-refractivity contribution >= 4 is 34.6 Å². The minimum absolute atomic E-state index is 0.0306. The van der Waals surface area contributed by atoms with Gasteiger partial charge in [-0.2, -0.15) is 0 Å². The highest BCUT2D eigenvalue weighted by Gasteiger charge is 2.18. The number of carbonyl (C=O) groups excluding carboxylic acids is 1. The molecule has 0 fully saturated rings. The average Bonchev–Trinajstić information content (AvgIpc) is 2.55.